The molecule has 162 valence electrons. The molecule has 0 atom stereocenters. The van der Waals surface area contributed by atoms with Crippen LogP contribution in [-0.4, -0.2) is 50.3 Å². The third kappa shape index (κ3) is 5.33. The Labute approximate surface area is 183 Å². The molecule has 2 aromatic carbocycles. The second-order valence-corrected chi connectivity index (χ2v) is 9.78. The topological polar surface area (TPSA) is 66.9 Å². The molecular weight excluding hydrogens is 424 g/mol. The number of hydrogen-bond acceptors (Lipinski definition) is 4. The van der Waals surface area contributed by atoms with Gasteiger partial charge in [-0.1, -0.05) is 23.7 Å². The van der Waals surface area contributed by atoms with E-state index in [0.29, 0.717) is 49.9 Å². The molecule has 0 aliphatic carbocycles. The van der Waals surface area contributed by atoms with Crippen molar-refractivity contribution < 1.29 is 17.9 Å². The smallest absolute Gasteiger partial charge is 0.243 e. The predicted octanol–water partition coefficient (Wildman–Crippen LogP) is 3.80. The summed E-state index contributed by atoms with van der Waals surface area (Å²) in [5.41, 5.74) is 0.967. The van der Waals surface area contributed by atoms with E-state index in [2.05, 4.69) is 0 Å². The number of sulfonamides is 1. The van der Waals surface area contributed by atoms with Gasteiger partial charge in [-0.3, -0.25) is 4.79 Å². The van der Waals surface area contributed by atoms with Crippen molar-refractivity contribution in [3.8, 4) is 5.75 Å². The van der Waals surface area contributed by atoms with Crippen molar-refractivity contribution in [2.45, 2.75) is 31.2 Å². The van der Waals surface area contributed by atoms with E-state index in [1.807, 2.05) is 25.1 Å². The molecule has 0 aromatic heterocycles. The van der Waals surface area contributed by atoms with Crippen LogP contribution in [0.1, 0.15) is 25.3 Å². The molecule has 0 saturated carbocycles. The first-order valence-corrected chi connectivity index (χ1v) is 11.9. The van der Waals surface area contributed by atoms with E-state index in [9.17, 15) is 13.2 Å². The Hall–Kier alpha value is -2.09. The number of carbonyl (C=O) groups excluding carboxylic acids is 1. The fourth-order valence-electron chi connectivity index (χ4n) is 3.67. The van der Waals surface area contributed by atoms with E-state index in [1.54, 1.807) is 42.3 Å². The van der Waals surface area contributed by atoms with Crippen molar-refractivity contribution in [2.75, 3.05) is 26.7 Å². The van der Waals surface area contributed by atoms with Gasteiger partial charge in [0.25, 0.3) is 0 Å². The average molecular weight is 451 g/mol. The number of amides is 1. The first-order chi connectivity index (χ1) is 14.3. The highest BCUT2D eigenvalue weighted by atomic mass is 35.5. The van der Waals surface area contributed by atoms with Gasteiger partial charge in [-0.25, -0.2) is 8.42 Å². The van der Waals surface area contributed by atoms with E-state index < -0.39 is 10.0 Å². The molecule has 0 bridgehead atoms. The number of carbonyl (C=O) groups is 1. The summed E-state index contributed by atoms with van der Waals surface area (Å²) in [4.78, 5) is 14.8. The fourth-order valence-corrected chi connectivity index (χ4v) is 5.35. The molecule has 0 spiro atoms. The van der Waals surface area contributed by atoms with Crippen LogP contribution in [0.15, 0.2) is 53.4 Å². The third-order valence-electron chi connectivity index (χ3n) is 5.26. The van der Waals surface area contributed by atoms with Crippen LogP contribution in [0.2, 0.25) is 5.02 Å². The Morgan fingerprint density at radius 2 is 1.83 bits per heavy atom. The first-order valence-electron chi connectivity index (χ1n) is 10.0. The minimum atomic E-state index is -3.58. The largest absolute Gasteiger partial charge is 0.494 e. The van der Waals surface area contributed by atoms with Crippen LogP contribution in [0.25, 0.3) is 0 Å². The molecule has 3 rings (SSSR count). The van der Waals surface area contributed by atoms with Crippen LogP contribution in [0.5, 0.6) is 5.75 Å². The SMILES string of the molecule is CCOc1ccc(S(=O)(=O)N2CCC(C(=O)N(C)Cc3cccc(Cl)c3)CC2)cc1. The summed E-state index contributed by atoms with van der Waals surface area (Å²) >= 11 is 6.02. The van der Waals surface area contributed by atoms with Crippen LogP contribution >= 0.6 is 11.6 Å². The Kier molecular flexibility index (Phi) is 7.39. The molecule has 0 N–H and O–H groups in total. The van der Waals surface area contributed by atoms with Crippen LogP contribution in [0.3, 0.4) is 0 Å². The molecule has 1 amide bonds. The summed E-state index contributed by atoms with van der Waals surface area (Å²) in [6.45, 7) is 3.54. The summed E-state index contributed by atoms with van der Waals surface area (Å²) in [5, 5.41) is 0.640. The number of halogens is 1. The van der Waals surface area contributed by atoms with E-state index >= 15 is 0 Å². The second-order valence-electron chi connectivity index (χ2n) is 7.41. The number of nitrogens with zero attached hydrogens (tertiary/aromatic N) is 2. The maximum Gasteiger partial charge on any atom is 0.243 e. The molecule has 0 unspecified atom stereocenters. The summed E-state index contributed by atoms with van der Waals surface area (Å²) in [5.74, 6) is 0.498. The Balaban J connectivity index is 1.58. The minimum Gasteiger partial charge on any atom is -0.494 e. The standard InChI is InChI=1S/C22H27ClN2O4S/c1-3-29-20-7-9-21(10-8-20)30(27,28)25-13-11-18(12-14-25)22(26)24(2)16-17-5-4-6-19(23)15-17/h4-10,15,18H,3,11-14,16H2,1-2H3. The molecule has 8 heteroatoms. The number of hydrogen-bond donors (Lipinski definition) is 0. The van der Waals surface area contributed by atoms with Gasteiger partial charge in [0.15, 0.2) is 0 Å². The van der Waals surface area contributed by atoms with Crippen LogP contribution in [0, 0.1) is 5.92 Å². The highest BCUT2D eigenvalue weighted by Gasteiger charge is 2.33. The molecule has 1 aliphatic heterocycles. The van der Waals surface area contributed by atoms with Crippen molar-refractivity contribution in [1.82, 2.24) is 9.21 Å². The summed E-state index contributed by atoms with van der Waals surface area (Å²) in [6, 6.07) is 13.9. The van der Waals surface area contributed by atoms with Crippen LogP contribution in [-0.2, 0) is 21.4 Å². The van der Waals surface area contributed by atoms with Gasteiger partial charge in [-0.05, 0) is 61.7 Å². The molecular formula is C22H27ClN2O4S. The van der Waals surface area contributed by atoms with Gasteiger partial charge >= 0.3 is 0 Å². The lowest BCUT2D eigenvalue weighted by atomic mass is 9.96. The zero-order valence-electron chi connectivity index (χ0n) is 17.3. The molecule has 1 fully saturated rings. The predicted molar refractivity (Wildman–Crippen MR) is 117 cm³/mol. The zero-order valence-corrected chi connectivity index (χ0v) is 18.8. The van der Waals surface area contributed by atoms with Gasteiger partial charge in [0.2, 0.25) is 15.9 Å². The highest BCUT2D eigenvalue weighted by Crippen LogP contribution is 2.26. The summed E-state index contributed by atoms with van der Waals surface area (Å²) in [6.07, 6.45) is 1.02. The Bertz CT molecular complexity index is 971. The van der Waals surface area contributed by atoms with Gasteiger partial charge in [0.1, 0.15) is 5.75 Å². The molecule has 1 aliphatic rings. The van der Waals surface area contributed by atoms with Crippen molar-refractivity contribution >= 4 is 27.5 Å². The minimum absolute atomic E-state index is 0.0353. The normalized spacial score (nSPS) is 15.7. The first kappa shape index (κ1) is 22.6. The van der Waals surface area contributed by atoms with Gasteiger partial charge in [0, 0.05) is 37.6 Å². The van der Waals surface area contributed by atoms with Crippen LogP contribution in [0.4, 0.5) is 0 Å². The fraction of sp³-hybridized carbons (Fsp3) is 0.409. The van der Waals surface area contributed by atoms with Crippen molar-refractivity contribution in [1.29, 1.82) is 0 Å². The van der Waals surface area contributed by atoms with E-state index in [0.717, 1.165) is 5.56 Å². The molecule has 30 heavy (non-hydrogen) atoms. The molecule has 1 heterocycles. The molecule has 1 saturated heterocycles. The zero-order chi connectivity index (χ0) is 21.7. The van der Waals surface area contributed by atoms with E-state index in [4.69, 9.17) is 16.3 Å². The Morgan fingerprint density at radius 3 is 2.43 bits per heavy atom. The lowest BCUT2D eigenvalue weighted by Crippen LogP contribution is -2.43. The van der Waals surface area contributed by atoms with Gasteiger partial charge in [-0.2, -0.15) is 4.31 Å². The average Bonchev–Trinajstić information content (AvgIpc) is 2.74. The van der Waals surface area contributed by atoms with Crippen molar-refractivity contribution in [2.24, 2.45) is 5.92 Å². The van der Waals surface area contributed by atoms with Gasteiger partial charge in [-0.15, -0.1) is 0 Å². The molecule has 2 aromatic rings. The van der Waals surface area contributed by atoms with Crippen molar-refractivity contribution in [3.63, 3.8) is 0 Å². The monoisotopic (exact) mass is 450 g/mol. The van der Waals surface area contributed by atoms with Crippen molar-refractivity contribution in [3.05, 3.63) is 59.1 Å². The third-order valence-corrected chi connectivity index (χ3v) is 7.41. The van der Waals surface area contributed by atoms with E-state index in [-0.39, 0.29) is 16.7 Å². The van der Waals surface area contributed by atoms with Crippen LogP contribution < -0.4 is 4.74 Å². The highest BCUT2D eigenvalue weighted by molar-refractivity contribution is 7.89. The summed E-state index contributed by atoms with van der Waals surface area (Å²) < 4.78 is 32.7. The summed E-state index contributed by atoms with van der Waals surface area (Å²) in [7, 11) is -1.81. The quantitative estimate of drug-likeness (QED) is 0.643. The van der Waals surface area contributed by atoms with Gasteiger partial charge in [0.05, 0.1) is 11.5 Å². The van der Waals surface area contributed by atoms with E-state index in [1.165, 1.54) is 4.31 Å². The Morgan fingerprint density at radius 1 is 1.17 bits per heavy atom. The number of rotatable bonds is 7. The maximum atomic E-state index is 12.9. The maximum absolute atomic E-state index is 12.9. The molecule has 0 radical (unpaired) electrons. The number of ether oxygens (including phenoxy) is 1. The van der Waals surface area contributed by atoms with Gasteiger partial charge < -0.3 is 9.64 Å². The number of benzene rings is 2. The lowest BCUT2D eigenvalue weighted by Gasteiger charge is -2.32. The lowest BCUT2D eigenvalue weighted by molar-refractivity contribution is -0.135. The molecule has 6 nitrogen and oxygen atoms in total. The number of piperidine rings is 1. The second kappa shape index (κ2) is 9.81.